The van der Waals surface area contributed by atoms with E-state index < -0.39 is 10.1 Å². The van der Waals surface area contributed by atoms with E-state index >= 15 is 0 Å². The Labute approximate surface area is 176 Å². The maximum atomic E-state index is 11.4. The van der Waals surface area contributed by atoms with Gasteiger partial charge in [0.1, 0.15) is 0 Å². The molecule has 0 aromatic heterocycles. The minimum atomic E-state index is -4.04. The third-order valence-electron chi connectivity index (χ3n) is 5.76. The summed E-state index contributed by atoms with van der Waals surface area (Å²) in [5.74, 6) is 1.38. The zero-order valence-electron chi connectivity index (χ0n) is 16.3. The summed E-state index contributed by atoms with van der Waals surface area (Å²) in [5, 5.41) is 3.51. The van der Waals surface area contributed by atoms with Crippen molar-refractivity contribution in [3.05, 3.63) is 28.7 Å². The van der Waals surface area contributed by atoms with Gasteiger partial charge < -0.3 is 11.1 Å². The lowest BCUT2D eigenvalue weighted by molar-refractivity contribution is -0.122. The number of piperidine rings is 1. The third-order valence-corrected chi connectivity index (χ3v) is 7.16. The van der Waals surface area contributed by atoms with Crippen LogP contribution in [-0.2, 0) is 14.9 Å². The first-order chi connectivity index (χ1) is 13.2. The van der Waals surface area contributed by atoms with Gasteiger partial charge >= 0.3 is 0 Å². The van der Waals surface area contributed by atoms with Crippen LogP contribution in [0.15, 0.2) is 33.6 Å². The summed E-state index contributed by atoms with van der Waals surface area (Å²) in [6.45, 7) is 2.23. The van der Waals surface area contributed by atoms with Crippen molar-refractivity contribution in [3.63, 3.8) is 0 Å². The number of nitrogens with two attached hydrogens (primary N) is 1. The summed E-state index contributed by atoms with van der Waals surface area (Å²) < 4.78 is 30.3. The van der Waals surface area contributed by atoms with Crippen LogP contribution in [-0.4, -0.2) is 31.0 Å². The van der Waals surface area contributed by atoms with Gasteiger partial charge in [0.15, 0.2) is 0 Å². The van der Waals surface area contributed by atoms with Gasteiger partial charge in [0.05, 0.1) is 10.9 Å². The monoisotopic (exact) mass is 474 g/mol. The van der Waals surface area contributed by atoms with Gasteiger partial charge in [0.25, 0.3) is 10.1 Å². The molecule has 2 aliphatic rings. The van der Waals surface area contributed by atoms with Crippen LogP contribution >= 0.6 is 15.9 Å². The summed E-state index contributed by atoms with van der Waals surface area (Å²) in [7, 11) is -4.04. The Hall–Kier alpha value is -0.960. The molecule has 3 rings (SSSR count). The predicted molar refractivity (Wildman–Crippen MR) is 113 cm³/mol. The van der Waals surface area contributed by atoms with E-state index in [1.54, 1.807) is 12.1 Å². The molecule has 2 fully saturated rings. The van der Waals surface area contributed by atoms with Crippen molar-refractivity contribution in [1.82, 2.24) is 5.32 Å². The van der Waals surface area contributed by atoms with E-state index in [0.29, 0.717) is 6.04 Å². The van der Waals surface area contributed by atoms with E-state index in [2.05, 4.69) is 28.2 Å². The molecule has 0 radical (unpaired) electrons. The average molecular weight is 475 g/mol. The normalized spacial score (nSPS) is 27.2. The molecule has 4 atom stereocenters. The molecule has 4 unspecified atom stereocenters. The first kappa shape index (κ1) is 23.3. The molecule has 1 aliphatic carbocycles. The van der Waals surface area contributed by atoms with E-state index in [0.717, 1.165) is 22.7 Å². The standard InChI is InChI=1S/C14H26N2O.C6H5BrO3S/c1-2-3-8-12-11-7-5-4-6-10(11)9-13(16-12)14(15)17;7-5-1-3-6(4-2-5)11(8,9)10/h10-13,16H,2-9H2,1H3,(H2,15,17);1-4H,(H,8,9,10). The SMILES string of the molecule is CCCCC1NC(C(N)=O)CC2CCCCC21.O=S(=O)(O)c1ccc(Br)cc1. The molecular formula is C20H31BrN2O4S. The number of primary amides is 1. The number of benzene rings is 1. The number of amides is 1. The van der Waals surface area contributed by atoms with Gasteiger partial charge in [0, 0.05) is 10.5 Å². The van der Waals surface area contributed by atoms with Crippen LogP contribution in [0.5, 0.6) is 0 Å². The number of halogens is 1. The summed E-state index contributed by atoms with van der Waals surface area (Å²) in [5.41, 5.74) is 5.48. The number of unbranched alkanes of at least 4 members (excludes halogenated alkanes) is 1. The Morgan fingerprint density at radius 1 is 1.25 bits per heavy atom. The molecule has 1 saturated heterocycles. The van der Waals surface area contributed by atoms with Crippen LogP contribution in [0.2, 0.25) is 0 Å². The second-order valence-electron chi connectivity index (χ2n) is 7.74. The molecule has 0 spiro atoms. The number of fused-ring (bicyclic) bond motifs is 1. The Balaban J connectivity index is 0.000000221. The zero-order chi connectivity index (χ0) is 20.7. The maximum Gasteiger partial charge on any atom is 0.294 e. The van der Waals surface area contributed by atoms with Crippen LogP contribution in [0, 0.1) is 11.8 Å². The van der Waals surface area contributed by atoms with Crippen molar-refractivity contribution in [2.24, 2.45) is 17.6 Å². The first-order valence-electron chi connectivity index (χ1n) is 10.0. The van der Waals surface area contributed by atoms with Crippen molar-refractivity contribution in [1.29, 1.82) is 0 Å². The van der Waals surface area contributed by atoms with Crippen LogP contribution in [0.1, 0.15) is 58.3 Å². The smallest absolute Gasteiger partial charge is 0.294 e. The maximum absolute atomic E-state index is 11.4. The fourth-order valence-corrected chi connectivity index (χ4v) is 5.08. The minimum absolute atomic E-state index is 0.0730. The van der Waals surface area contributed by atoms with Crippen LogP contribution in [0.3, 0.4) is 0 Å². The van der Waals surface area contributed by atoms with E-state index in [1.807, 2.05) is 0 Å². The number of nitrogens with one attached hydrogen (secondary N) is 1. The Morgan fingerprint density at radius 2 is 1.89 bits per heavy atom. The molecule has 0 bridgehead atoms. The summed E-state index contributed by atoms with van der Waals surface area (Å²) in [6, 6.07) is 6.19. The van der Waals surface area contributed by atoms with E-state index in [-0.39, 0.29) is 16.8 Å². The van der Waals surface area contributed by atoms with Crippen molar-refractivity contribution in [2.45, 2.75) is 75.3 Å². The first-order valence-corrected chi connectivity index (χ1v) is 12.2. The van der Waals surface area contributed by atoms with Gasteiger partial charge in [-0.15, -0.1) is 0 Å². The lowest BCUT2D eigenvalue weighted by Crippen LogP contribution is -2.56. The largest absolute Gasteiger partial charge is 0.368 e. The molecular weight excluding hydrogens is 444 g/mol. The topological polar surface area (TPSA) is 109 Å². The second-order valence-corrected chi connectivity index (χ2v) is 10.1. The van der Waals surface area contributed by atoms with Gasteiger partial charge in [-0.2, -0.15) is 8.42 Å². The summed E-state index contributed by atoms with van der Waals surface area (Å²) in [4.78, 5) is 11.3. The second kappa shape index (κ2) is 10.7. The van der Waals surface area contributed by atoms with Crippen LogP contribution < -0.4 is 11.1 Å². The predicted octanol–water partition coefficient (Wildman–Crippen LogP) is 3.89. The highest BCUT2D eigenvalue weighted by Crippen LogP contribution is 2.39. The average Bonchev–Trinajstić information content (AvgIpc) is 2.66. The molecule has 1 amide bonds. The van der Waals surface area contributed by atoms with Gasteiger partial charge in [-0.3, -0.25) is 9.35 Å². The highest BCUT2D eigenvalue weighted by molar-refractivity contribution is 9.10. The van der Waals surface area contributed by atoms with E-state index in [1.165, 1.54) is 57.1 Å². The summed E-state index contributed by atoms with van der Waals surface area (Å²) >= 11 is 3.14. The molecule has 28 heavy (non-hydrogen) atoms. The fraction of sp³-hybridized carbons (Fsp3) is 0.650. The zero-order valence-corrected chi connectivity index (χ0v) is 18.7. The van der Waals surface area contributed by atoms with Gasteiger partial charge in [0.2, 0.25) is 5.91 Å². The molecule has 4 N–H and O–H groups in total. The van der Waals surface area contributed by atoms with Gasteiger partial charge in [-0.1, -0.05) is 55.0 Å². The number of rotatable bonds is 5. The van der Waals surface area contributed by atoms with Crippen LogP contribution in [0.4, 0.5) is 0 Å². The van der Waals surface area contributed by atoms with Gasteiger partial charge in [-0.25, -0.2) is 0 Å². The van der Waals surface area contributed by atoms with Gasteiger partial charge in [-0.05, 0) is 55.4 Å². The number of carbonyl (C=O) groups excluding carboxylic acids is 1. The highest BCUT2D eigenvalue weighted by Gasteiger charge is 2.39. The Bertz CT molecular complexity index is 739. The molecule has 1 heterocycles. The molecule has 158 valence electrons. The molecule has 1 saturated carbocycles. The molecule has 1 aromatic carbocycles. The Morgan fingerprint density at radius 3 is 2.46 bits per heavy atom. The van der Waals surface area contributed by atoms with E-state index in [9.17, 15) is 13.2 Å². The number of hydrogen-bond acceptors (Lipinski definition) is 4. The molecule has 6 nitrogen and oxygen atoms in total. The fourth-order valence-electron chi connectivity index (χ4n) is 4.34. The van der Waals surface area contributed by atoms with Crippen molar-refractivity contribution in [2.75, 3.05) is 0 Å². The van der Waals surface area contributed by atoms with Crippen LogP contribution in [0.25, 0.3) is 0 Å². The minimum Gasteiger partial charge on any atom is -0.368 e. The van der Waals surface area contributed by atoms with Crippen molar-refractivity contribution in [3.8, 4) is 0 Å². The molecule has 1 aromatic rings. The lowest BCUT2D eigenvalue weighted by atomic mass is 9.69. The molecule has 1 aliphatic heterocycles. The lowest BCUT2D eigenvalue weighted by Gasteiger charge is -2.45. The third kappa shape index (κ3) is 6.83. The number of carbonyl (C=O) groups is 1. The van der Waals surface area contributed by atoms with Crippen molar-refractivity contribution >= 4 is 32.0 Å². The van der Waals surface area contributed by atoms with E-state index in [4.69, 9.17) is 10.3 Å². The molecule has 8 heteroatoms. The van der Waals surface area contributed by atoms with Crippen molar-refractivity contribution < 1.29 is 17.8 Å². The Kier molecular flexibility index (Phi) is 8.92. The highest BCUT2D eigenvalue weighted by atomic mass is 79.9. The summed E-state index contributed by atoms with van der Waals surface area (Å²) in [6.07, 6.45) is 10.0. The quantitative estimate of drug-likeness (QED) is 0.560. The number of hydrogen-bond donors (Lipinski definition) is 3.